The van der Waals surface area contributed by atoms with Gasteiger partial charge in [0, 0.05) is 6.42 Å². The summed E-state index contributed by atoms with van der Waals surface area (Å²) in [4.78, 5) is 23.6. The molecule has 9 heteroatoms. The molecular formula is C15H19FN2O5S. The number of para-hydroxylation sites is 1. The number of sulfone groups is 1. The molecule has 2 amide bonds. The van der Waals surface area contributed by atoms with E-state index in [1.165, 1.54) is 25.1 Å². The van der Waals surface area contributed by atoms with E-state index < -0.39 is 33.6 Å². The maximum absolute atomic E-state index is 13.4. The van der Waals surface area contributed by atoms with Crippen molar-refractivity contribution in [2.75, 3.05) is 11.5 Å². The maximum atomic E-state index is 13.4. The van der Waals surface area contributed by atoms with Gasteiger partial charge in [-0.15, -0.1) is 0 Å². The molecule has 1 aliphatic rings. The molecule has 7 nitrogen and oxygen atoms in total. The van der Waals surface area contributed by atoms with Crippen LogP contribution in [0.5, 0.6) is 5.75 Å². The first kappa shape index (κ1) is 18.2. The fourth-order valence-corrected chi connectivity index (χ4v) is 4.23. The van der Waals surface area contributed by atoms with E-state index >= 15 is 0 Å². The van der Waals surface area contributed by atoms with E-state index in [2.05, 4.69) is 10.9 Å². The lowest BCUT2D eigenvalue weighted by Crippen LogP contribution is -2.47. The second kappa shape index (κ2) is 7.61. The van der Waals surface area contributed by atoms with Crippen molar-refractivity contribution < 1.29 is 27.1 Å². The molecule has 1 aromatic carbocycles. The molecule has 1 saturated heterocycles. The Morgan fingerprint density at radius 2 is 2.04 bits per heavy atom. The molecule has 0 spiro atoms. The molecule has 2 rings (SSSR count). The summed E-state index contributed by atoms with van der Waals surface area (Å²) in [6.45, 7) is 1.41. The number of halogens is 1. The molecule has 1 fully saturated rings. The first-order valence-corrected chi connectivity index (χ1v) is 9.29. The molecule has 132 valence electrons. The lowest BCUT2D eigenvalue weighted by Gasteiger charge is -2.16. The standard InChI is InChI=1S/C15H19FN2O5S/c1-10(23-13-5-3-2-4-12(13)16)15(20)18-17-14(19)8-11-6-7-24(21,22)9-11/h2-5,10-11H,6-9H2,1H3,(H,17,19)(H,18,20)/t10-,11+/m1/s1. The highest BCUT2D eigenvalue weighted by Gasteiger charge is 2.29. The zero-order valence-corrected chi connectivity index (χ0v) is 13.9. The smallest absolute Gasteiger partial charge is 0.279 e. The monoisotopic (exact) mass is 358 g/mol. The van der Waals surface area contributed by atoms with Crippen molar-refractivity contribution in [2.45, 2.75) is 25.9 Å². The summed E-state index contributed by atoms with van der Waals surface area (Å²) in [5, 5.41) is 0. The van der Waals surface area contributed by atoms with Gasteiger partial charge in [-0.05, 0) is 31.4 Å². The fraction of sp³-hybridized carbons (Fsp3) is 0.467. The number of carbonyl (C=O) groups excluding carboxylic acids is 2. The van der Waals surface area contributed by atoms with E-state index in [-0.39, 0.29) is 29.6 Å². The van der Waals surface area contributed by atoms with Crippen LogP contribution in [0.2, 0.25) is 0 Å². The highest BCUT2D eigenvalue weighted by atomic mass is 32.2. The molecule has 0 aromatic heterocycles. The Hall–Kier alpha value is -2.16. The number of benzene rings is 1. The van der Waals surface area contributed by atoms with Crippen LogP contribution < -0.4 is 15.6 Å². The van der Waals surface area contributed by atoms with Gasteiger partial charge in [0.2, 0.25) is 5.91 Å². The molecule has 0 bridgehead atoms. The average molecular weight is 358 g/mol. The number of amides is 2. The first-order valence-electron chi connectivity index (χ1n) is 7.47. The molecule has 1 aliphatic heterocycles. The number of nitrogens with one attached hydrogen (secondary N) is 2. The minimum Gasteiger partial charge on any atom is -0.478 e. The van der Waals surface area contributed by atoms with Crippen molar-refractivity contribution in [1.29, 1.82) is 0 Å². The van der Waals surface area contributed by atoms with E-state index in [9.17, 15) is 22.4 Å². The van der Waals surface area contributed by atoms with E-state index in [1.54, 1.807) is 6.07 Å². The zero-order chi connectivity index (χ0) is 17.7. The molecule has 1 aromatic rings. The van der Waals surface area contributed by atoms with E-state index in [0.29, 0.717) is 6.42 Å². The van der Waals surface area contributed by atoms with Crippen LogP contribution in [0.1, 0.15) is 19.8 Å². The Morgan fingerprint density at radius 1 is 1.33 bits per heavy atom. The Labute approximate surface area is 139 Å². The predicted octanol–water partition coefficient (Wildman–Crippen LogP) is 0.565. The summed E-state index contributed by atoms with van der Waals surface area (Å²) in [7, 11) is -3.05. The Kier molecular flexibility index (Phi) is 5.76. The second-order valence-corrected chi connectivity index (χ2v) is 7.93. The van der Waals surface area contributed by atoms with Crippen LogP contribution in [0, 0.1) is 11.7 Å². The van der Waals surface area contributed by atoms with Gasteiger partial charge in [-0.2, -0.15) is 0 Å². The lowest BCUT2D eigenvalue weighted by atomic mass is 10.1. The van der Waals surface area contributed by atoms with Crippen LogP contribution in [0.15, 0.2) is 24.3 Å². The third kappa shape index (κ3) is 5.19. The Morgan fingerprint density at radius 3 is 2.67 bits per heavy atom. The molecule has 1 heterocycles. The van der Waals surface area contributed by atoms with Gasteiger partial charge in [0.1, 0.15) is 0 Å². The number of carbonyl (C=O) groups is 2. The molecule has 0 unspecified atom stereocenters. The summed E-state index contributed by atoms with van der Waals surface area (Å²) in [6.07, 6.45) is -0.562. The number of hydrogen-bond donors (Lipinski definition) is 2. The largest absolute Gasteiger partial charge is 0.478 e. The van der Waals surface area contributed by atoms with E-state index in [0.717, 1.165) is 0 Å². The van der Waals surface area contributed by atoms with Gasteiger partial charge in [-0.1, -0.05) is 12.1 Å². The van der Waals surface area contributed by atoms with Crippen molar-refractivity contribution in [1.82, 2.24) is 10.9 Å². The van der Waals surface area contributed by atoms with E-state index in [4.69, 9.17) is 4.74 Å². The average Bonchev–Trinajstić information content (AvgIpc) is 2.85. The zero-order valence-electron chi connectivity index (χ0n) is 13.1. The maximum Gasteiger partial charge on any atom is 0.279 e. The molecule has 0 radical (unpaired) electrons. The SMILES string of the molecule is C[C@@H](Oc1ccccc1F)C(=O)NNC(=O)C[C@@H]1CCS(=O)(=O)C1. The van der Waals surface area contributed by atoms with Crippen molar-refractivity contribution >= 4 is 21.7 Å². The summed E-state index contributed by atoms with van der Waals surface area (Å²) in [6, 6.07) is 5.66. The molecular weight excluding hydrogens is 339 g/mol. The van der Waals surface area contributed by atoms with Crippen molar-refractivity contribution in [3.63, 3.8) is 0 Å². The number of rotatable bonds is 5. The van der Waals surface area contributed by atoms with Crippen LogP contribution in [0.25, 0.3) is 0 Å². The molecule has 2 atom stereocenters. The van der Waals surface area contributed by atoms with Crippen molar-refractivity contribution in [3.05, 3.63) is 30.1 Å². The van der Waals surface area contributed by atoms with Gasteiger partial charge >= 0.3 is 0 Å². The van der Waals surface area contributed by atoms with Crippen LogP contribution in [0.4, 0.5) is 4.39 Å². The van der Waals surface area contributed by atoms with E-state index in [1.807, 2.05) is 0 Å². The normalized spacial score (nSPS) is 20.2. The van der Waals surface area contributed by atoms with Gasteiger partial charge in [0.15, 0.2) is 27.5 Å². The van der Waals surface area contributed by atoms with Crippen LogP contribution in [-0.4, -0.2) is 37.8 Å². The Balaban J connectivity index is 1.76. The second-order valence-electron chi connectivity index (χ2n) is 5.70. The number of hydrazine groups is 1. The highest BCUT2D eigenvalue weighted by Crippen LogP contribution is 2.21. The minimum absolute atomic E-state index is 0.0127. The third-order valence-electron chi connectivity index (χ3n) is 3.64. The summed E-state index contributed by atoms with van der Waals surface area (Å²) in [5.74, 6) is -1.95. The third-order valence-corrected chi connectivity index (χ3v) is 5.47. The fourth-order valence-electron chi connectivity index (χ4n) is 2.36. The minimum atomic E-state index is -3.05. The molecule has 24 heavy (non-hydrogen) atoms. The number of ether oxygens (including phenoxy) is 1. The summed E-state index contributed by atoms with van der Waals surface area (Å²) < 4.78 is 41.3. The lowest BCUT2D eigenvalue weighted by molar-refractivity contribution is -0.133. The predicted molar refractivity (Wildman–Crippen MR) is 84.2 cm³/mol. The quantitative estimate of drug-likeness (QED) is 0.749. The van der Waals surface area contributed by atoms with Crippen molar-refractivity contribution in [2.24, 2.45) is 5.92 Å². The van der Waals surface area contributed by atoms with Gasteiger partial charge in [0.25, 0.3) is 5.91 Å². The highest BCUT2D eigenvalue weighted by molar-refractivity contribution is 7.91. The Bertz CT molecular complexity index is 722. The van der Waals surface area contributed by atoms with Gasteiger partial charge < -0.3 is 4.74 Å². The number of hydrogen-bond acceptors (Lipinski definition) is 5. The van der Waals surface area contributed by atoms with Gasteiger partial charge in [-0.25, -0.2) is 12.8 Å². The van der Waals surface area contributed by atoms with Gasteiger partial charge in [-0.3, -0.25) is 20.4 Å². The summed E-state index contributed by atoms with van der Waals surface area (Å²) >= 11 is 0. The van der Waals surface area contributed by atoms with Gasteiger partial charge in [0.05, 0.1) is 11.5 Å². The summed E-state index contributed by atoms with van der Waals surface area (Å²) in [5.41, 5.74) is 4.39. The van der Waals surface area contributed by atoms with Crippen LogP contribution in [-0.2, 0) is 19.4 Å². The van der Waals surface area contributed by atoms with Crippen LogP contribution >= 0.6 is 0 Å². The molecule has 0 saturated carbocycles. The van der Waals surface area contributed by atoms with Crippen LogP contribution in [0.3, 0.4) is 0 Å². The van der Waals surface area contributed by atoms with Crippen molar-refractivity contribution in [3.8, 4) is 5.75 Å². The topological polar surface area (TPSA) is 102 Å². The molecule has 0 aliphatic carbocycles. The molecule has 2 N–H and O–H groups in total. The first-order chi connectivity index (χ1) is 11.3.